The molecule has 0 fully saturated rings. The maximum absolute atomic E-state index is 10.8. The first-order chi connectivity index (χ1) is 5.44. The maximum atomic E-state index is 10.8. The van der Waals surface area contributed by atoms with Crippen molar-refractivity contribution in [3.05, 3.63) is 18.0 Å². The van der Waals surface area contributed by atoms with Gasteiger partial charge in [0.1, 0.15) is 0 Å². The highest BCUT2D eigenvalue weighted by Gasteiger charge is 2.29. The molecule has 1 aromatic rings. The van der Waals surface area contributed by atoms with Crippen LogP contribution in [0.4, 0.5) is 0 Å². The van der Waals surface area contributed by atoms with Crippen LogP contribution in [-0.4, -0.2) is 20.9 Å². The van der Waals surface area contributed by atoms with Crippen LogP contribution in [0.3, 0.4) is 0 Å². The summed E-state index contributed by atoms with van der Waals surface area (Å²) in [5, 5.41) is 12.9. The Morgan fingerprint density at radius 3 is 2.58 bits per heavy atom. The Morgan fingerprint density at radius 1 is 1.67 bits per heavy atom. The lowest BCUT2D eigenvalue weighted by atomic mass is 10.1. The molecule has 1 N–H and O–H groups in total. The highest BCUT2D eigenvalue weighted by Crippen LogP contribution is 2.13. The van der Waals surface area contributed by atoms with Crippen molar-refractivity contribution in [3.63, 3.8) is 0 Å². The molecule has 0 radical (unpaired) electrons. The van der Waals surface area contributed by atoms with E-state index in [1.165, 1.54) is 4.68 Å². The summed E-state index contributed by atoms with van der Waals surface area (Å²) >= 11 is 0. The zero-order chi connectivity index (χ0) is 9.35. The molecule has 0 saturated heterocycles. The third-order valence-corrected chi connectivity index (χ3v) is 1.82. The van der Waals surface area contributed by atoms with Crippen molar-refractivity contribution in [2.45, 2.75) is 26.3 Å². The first kappa shape index (κ1) is 8.77. The van der Waals surface area contributed by atoms with Crippen LogP contribution < -0.4 is 0 Å². The Hall–Kier alpha value is -1.32. The average Bonchev–Trinajstić information content (AvgIpc) is 2.35. The summed E-state index contributed by atoms with van der Waals surface area (Å²) in [6.45, 7) is 5.05. The molecule has 1 heterocycles. The molecular formula is C8H12N2O2. The molecule has 66 valence electrons. The zero-order valence-electron chi connectivity index (χ0n) is 7.40. The fourth-order valence-corrected chi connectivity index (χ4v) is 0.824. The molecule has 0 aliphatic carbocycles. The number of hydrogen-bond acceptors (Lipinski definition) is 2. The van der Waals surface area contributed by atoms with E-state index in [-0.39, 0.29) is 0 Å². The number of aromatic nitrogens is 2. The van der Waals surface area contributed by atoms with Crippen LogP contribution in [0.5, 0.6) is 0 Å². The summed E-state index contributed by atoms with van der Waals surface area (Å²) in [6.07, 6.45) is 1.67. The van der Waals surface area contributed by atoms with E-state index in [4.69, 9.17) is 5.11 Å². The second-order valence-electron chi connectivity index (χ2n) is 3.27. The van der Waals surface area contributed by atoms with Crippen molar-refractivity contribution in [3.8, 4) is 0 Å². The van der Waals surface area contributed by atoms with Crippen molar-refractivity contribution >= 4 is 5.97 Å². The Balaban J connectivity index is 3.05. The second kappa shape index (κ2) is 2.62. The van der Waals surface area contributed by atoms with Gasteiger partial charge in [-0.15, -0.1) is 0 Å². The quantitative estimate of drug-likeness (QED) is 0.717. The normalized spacial score (nSPS) is 11.6. The fraction of sp³-hybridized carbons (Fsp3) is 0.500. The number of carboxylic acids is 1. The summed E-state index contributed by atoms with van der Waals surface area (Å²) in [5.74, 6) is -0.884. The fourth-order valence-electron chi connectivity index (χ4n) is 0.824. The molecular weight excluding hydrogens is 156 g/mol. The highest BCUT2D eigenvalue weighted by molar-refractivity contribution is 5.75. The number of aliphatic carboxylic acids is 1. The molecule has 4 heteroatoms. The summed E-state index contributed by atoms with van der Waals surface area (Å²) in [4.78, 5) is 10.8. The van der Waals surface area contributed by atoms with Gasteiger partial charge in [0.25, 0.3) is 0 Å². The van der Waals surface area contributed by atoms with Crippen molar-refractivity contribution in [1.82, 2.24) is 9.78 Å². The van der Waals surface area contributed by atoms with E-state index in [1.54, 1.807) is 26.1 Å². The summed E-state index contributed by atoms with van der Waals surface area (Å²) in [5.41, 5.74) is -0.141. The van der Waals surface area contributed by atoms with Gasteiger partial charge in [-0.2, -0.15) is 5.10 Å². The zero-order valence-corrected chi connectivity index (χ0v) is 7.40. The van der Waals surface area contributed by atoms with E-state index < -0.39 is 11.5 Å². The molecule has 0 bridgehead atoms. The Morgan fingerprint density at radius 2 is 2.25 bits per heavy atom. The second-order valence-corrected chi connectivity index (χ2v) is 3.27. The van der Waals surface area contributed by atoms with E-state index in [1.807, 2.05) is 6.92 Å². The molecule has 12 heavy (non-hydrogen) atoms. The summed E-state index contributed by atoms with van der Waals surface area (Å²) in [6, 6.07) is 1.78. The van der Waals surface area contributed by atoms with Gasteiger partial charge in [-0.1, -0.05) is 0 Å². The summed E-state index contributed by atoms with van der Waals surface area (Å²) < 4.78 is 1.45. The molecule has 0 amide bonds. The molecule has 0 aromatic carbocycles. The third-order valence-electron chi connectivity index (χ3n) is 1.82. The minimum absolute atomic E-state index is 0.823. The van der Waals surface area contributed by atoms with Crippen molar-refractivity contribution in [2.24, 2.45) is 0 Å². The van der Waals surface area contributed by atoms with Crippen LogP contribution in [0, 0.1) is 6.92 Å². The Bertz CT molecular complexity index is 302. The Labute approximate surface area is 70.8 Å². The predicted molar refractivity (Wildman–Crippen MR) is 43.9 cm³/mol. The molecule has 0 aliphatic heterocycles. The van der Waals surface area contributed by atoms with Gasteiger partial charge in [-0.25, -0.2) is 4.79 Å². The van der Waals surface area contributed by atoms with Gasteiger partial charge in [-0.05, 0) is 26.8 Å². The molecule has 1 rings (SSSR count). The smallest absolute Gasteiger partial charge is 0.331 e. The first-order valence-corrected chi connectivity index (χ1v) is 3.71. The lowest BCUT2D eigenvalue weighted by Gasteiger charge is -2.19. The molecule has 0 saturated carbocycles. The van der Waals surface area contributed by atoms with Crippen LogP contribution in [0.25, 0.3) is 0 Å². The summed E-state index contributed by atoms with van der Waals surface area (Å²) in [7, 11) is 0. The van der Waals surface area contributed by atoms with Gasteiger partial charge in [0, 0.05) is 6.20 Å². The van der Waals surface area contributed by atoms with Crippen molar-refractivity contribution in [2.75, 3.05) is 0 Å². The largest absolute Gasteiger partial charge is 0.479 e. The van der Waals surface area contributed by atoms with Gasteiger partial charge in [0.05, 0.1) is 5.69 Å². The molecule has 0 unspecified atom stereocenters. The van der Waals surface area contributed by atoms with Gasteiger partial charge in [0.2, 0.25) is 0 Å². The molecule has 0 spiro atoms. The predicted octanol–water partition coefficient (Wildman–Crippen LogP) is 1.01. The van der Waals surface area contributed by atoms with E-state index in [9.17, 15) is 4.79 Å². The average molecular weight is 168 g/mol. The third kappa shape index (κ3) is 1.32. The van der Waals surface area contributed by atoms with E-state index in [0.29, 0.717) is 0 Å². The van der Waals surface area contributed by atoms with Gasteiger partial charge in [0.15, 0.2) is 5.54 Å². The number of carboxylic acid groups (broad SMARTS) is 1. The lowest BCUT2D eigenvalue weighted by molar-refractivity contribution is -0.146. The number of aryl methyl sites for hydroxylation is 1. The van der Waals surface area contributed by atoms with Crippen LogP contribution in [0.2, 0.25) is 0 Å². The number of rotatable bonds is 2. The van der Waals surface area contributed by atoms with E-state index >= 15 is 0 Å². The van der Waals surface area contributed by atoms with Crippen LogP contribution in [0.15, 0.2) is 12.3 Å². The van der Waals surface area contributed by atoms with E-state index in [0.717, 1.165) is 5.69 Å². The minimum atomic E-state index is -0.964. The van der Waals surface area contributed by atoms with Crippen molar-refractivity contribution < 1.29 is 9.90 Å². The first-order valence-electron chi connectivity index (χ1n) is 3.71. The SMILES string of the molecule is Cc1ccn(C(C)(C)C(=O)O)n1. The minimum Gasteiger partial charge on any atom is -0.479 e. The van der Waals surface area contributed by atoms with Crippen LogP contribution in [0.1, 0.15) is 19.5 Å². The standard InChI is InChI=1S/C8H12N2O2/c1-6-4-5-10(9-6)8(2,3)7(11)12/h4-5H,1-3H3,(H,11,12). The van der Waals surface area contributed by atoms with Crippen LogP contribution >= 0.6 is 0 Å². The van der Waals surface area contributed by atoms with Gasteiger partial charge >= 0.3 is 5.97 Å². The highest BCUT2D eigenvalue weighted by atomic mass is 16.4. The van der Waals surface area contributed by atoms with Gasteiger partial charge < -0.3 is 5.11 Å². The number of hydrogen-bond donors (Lipinski definition) is 1. The monoisotopic (exact) mass is 168 g/mol. The maximum Gasteiger partial charge on any atom is 0.331 e. The van der Waals surface area contributed by atoms with Crippen molar-refractivity contribution in [1.29, 1.82) is 0 Å². The van der Waals surface area contributed by atoms with Crippen LogP contribution in [-0.2, 0) is 10.3 Å². The Kier molecular flexibility index (Phi) is 1.92. The number of carbonyl (C=O) groups is 1. The van der Waals surface area contributed by atoms with E-state index in [2.05, 4.69) is 5.10 Å². The van der Waals surface area contributed by atoms with Gasteiger partial charge in [-0.3, -0.25) is 4.68 Å². The lowest BCUT2D eigenvalue weighted by Crippen LogP contribution is -2.36. The molecule has 4 nitrogen and oxygen atoms in total. The number of nitrogens with zero attached hydrogens (tertiary/aromatic N) is 2. The molecule has 0 atom stereocenters. The molecule has 0 aliphatic rings. The molecule has 1 aromatic heterocycles. The topological polar surface area (TPSA) is 55.1 Å².